The lowest BCUT2D eigenvalue weighted by atomic mass is 10.2. The molecule has 3 aromatic heterocycles. The maximum absolute atomic E-state index is 12.5. The van der Waals surface area contributed by atoms with E-state index < -0.39 is 0 Å². The van der Waals surface area contributed by atoms with Crippen LogP contribution in [0.5, 0.6) is 0 Å². The Balaban J connectivity index is 1.85. The molecule has 3 rings (SSSR count). The third-order valence-corrected chi connectivity index (χ3v) is 4.19. The maximum atomic E-state index is 12.5. The first-order valence-electron chi connectivity index (χ1n) is 7.39. The highest BCUT2D eigenvalue weighted by Crippen LogP contribution is 2.15. The Bertz CT molecular complexity index is 905. The van der Waals surface area contributed by atoms with Gasteiger partial charge < -0.3 is 15.6 Å². The molecule has 3 heterocycles. The minimum Gasteiger partial charge on any atom is -0.384 e. The first kappa shape index (κ1) is 15.1. The average Bonchev–Trinajstić information content (AvgIpc) is 3.02. The number of fused-ring (bicyclic) bond motifs is 1. The number of nitrogens with two attached hydrogens (primary N) is 1. The number of hydrogen-bond acceptors (Lipinski definition) is 4. The molecule has 120 valence electrons. The van der Waals surface area contributed by atoms with Crippen LogP contribution in [-0.2, 0) is 13.6 Å². The summed E-state index contributed by atoms with van der Waals surface area (Å²) >= 11 is 0. The number of amides is 1. The number of anilines is 1. The number of nitrogen functional groups attached to an aromatic ring is 1. The van der Waals surface area contributed by atoms with E-state index in [-0.39, 0.29) is 5.91 Å². The molecule has 3 aromatic rings. The largest absolute Gasteiger partial charge is 0.384 e. The van der Waals surface area contributed by atoms with Crippen molar-refractivity contribution < 1.29 is 4.79 Å². The fourth-order valence-electron chi connectivity index (χ4n) is 2.66. The highest BCUT2D eigenvalue weighted by atomic mass is 16.1. The summed E-state index contributed by atoms with van der Waals surface area (Å²) in [5.74, 6) is 0.250. The van der Waals surface area contributed by atoms with E-state index in [4.69, 9.17) is 5.73 Å². The lowest BCUT2D eigenvalue weighted by molar-refractivity contribution is 0.0952. The molecule has 3 N–H and O–H groups in total. The number of hydrogen-bond donors (Lipinski definition) is 2. The van der Waals surface area contributed by atoms with Crippen molar-refractivity contribution in [3.8, 4) is 0 Å². The number of aryl methyl sites for hydroxylation is 2. The number of carbonyl (C=O) groups excluding carboxylic acids is 1. The number of carbonyl (C=O) groups is 1. The molecule has 0 radical (unpaired) electrons. The molecule has 0 unspecified atom stereocenters. The molecule has 7 nitrogen and oxygen atoms in total. The molecule has 0 fully saturated rings. The van der Waals surface area contributed by atoms with Crippen LogP contribution in [0.15, 0.2) is 18.3 Å². The van der Waals surface area contributed by atoms with Gasteiger partial charge in [-0.05, 0) is 32.4 Å². The standard InChI is InChI=1S/C16H20N6O/c1-9-5-14(17)22-15(20-9)13(8-19-22)16(23)18-7-12-6-10(2)21(4)11(12)3/h5-6,8H,7,17H2,1-4H3,(H,18,23). The second-order valence-corrected chi connectivity index (χ2v) is 5.75. The molecular formula is C16H20N6O. The van der Waals surface area contributed by atoms with E-state index in [0.29, 0.717) is 23.6 Å². The third-order valence-electron chi connectivity index (χ3n) is 4.19. The molecule has 23 heavy (non-hydrogen) atoms. The van der Waals surface area contributed by atoms with E-state index in [2.05, 4.69) is 26.0 Å². The summed E-state index contributed by atoms with van der Waals surface area (Å²) in [6.45, 7) is 6.38. The molecule has 0 aliphatic heterocycles. The lowest BCUT2D eigenvalue weighted by Crippen LogP contribution is -2.23. The summed E-state index contributed by atoms with van der Waals surface area (Å²) in [7, 11) is 2.01. The number of aromatic nitrogens is 4. The van der Waals surface area contributed by atoms with Crippen molar-refractivity contribution in [3.05, 3.63) is 46.5 Å². The summed E-state index contributed by atoms with van der Waals surface area (Å²) < 4.78 is 3.57. The molecule has 0 bridgehead atoms. The predicted octanol–water partition coefficient (Wildman–Crippen LogP) is 1.51. The SMILES string of the molecule is Cc1cc(N)n2ncc(C(=O)NCc3cc(C)n(C)c3C)c2n1. The molecule has 0 aromatic carbocycles. The fourth-order valence-corrected chi connectivity index (χ4v) is 2.66. The van der Waals surface area contributed by atoms with E-state index in [9.17, 15) is 4.79 Å². The van der Waals surface area contributed by atoms with Gasteiger partial charge in [-0.3, -0.25) is 4.79 Å². The highest BCUT2D eigenvalue weighted by molar-refractivity contribution is 5.99. The number of nitrogens with one attached hydrogen (secondary N) is 1. The summed E-state index contributed by atoms with van der Waals surface area (Å²) in [5.41, 5.74) is 10.9. The monoisotopic (exact) mass is 312 g/mol. The Labute approximate surface area is 134 Å². The van der Waals surface area contributed by atoms with Crippen LogP contribution in [-0.4, -0.2) is 25.1 Å². The predicted molar refractivity (Wildman–Crippen MR) is 88.2 cm³/mol. The van der Waals surface area contributed by atoms with Gasteiger partial charge in [0, 0.05) is 36.7 Å². The molecule has 0 saturated carbocycles. The smallest absolute Gasteiger partial charge is 0.257 e. The molecule has 7 heteroatoms. The van der Waals surface area contributed by atoms with E-state index in [0.717, 1.165) is 22.6 Å². The van der Waals surface area contributed by atoms with E-state index in [1.54, 1.807) is 6.07 Å². The summed E-state index contributed by atoms with van der Waals surface area (Å²) in [5, 5.41) is 7.06. The van der Waals surface area contributed by atoms with Gasteiger partial charge in [-0.15, -0.1) is 0 Å². The minimum absolute atomic E-state index is 0.210. The van der Waals surface area contributed by atoms with E-state index >= 15 is 0 Å². The van der Waals surface area contributed by atoms with Crippen LogP contribution < -0.4 is 11.1 Å². The van der Waals surface area contributed by atoms with E-state index in [1.165, 1.54) is 10.7 Å². The fraction of sp³-hybridized carbons (Fsp3) is 0.312. The number of nitrogens with zero attached hydrogens (tertiary/aromatic N) is 4. The molecule has 0 saturated heterocycles. The van der Waals surface area contributed by atoms with Crippen LogP contribution in [0.3, 0.4) is 0 Å². The zero-order valence-corrected chi connectivity index (χ0v) is 13.7. The summed E-state index contributed by atoms with van der Waals surface area (Å²) in [4.78, 5) is 16.8. The Hall–Kier alpha value is -2.83. The molecule has 0 spiro atoms. The molecule has 0 aliphatic rings. The Morgan fingerprint density at radius 2 is 2.04 bits per heavy atom. The van der Waals surface area contributed by atoms with Crippen LogP contribution in [0.1, 0.15) is 33.0 Å². The van der Waals surface area contributed by atoms with Gasteiger partial charge in [0.1, 0.15) is 11.4 Å². The Kier molecular flexibility index (Phi) is 3.55. The maximum Gasteiger partial charge on any atom is 0.257 e. The van der Waals surface area contributed by atoms with Gasteiger partial charge in [0.25, 0.3) is 5.91 Å². The zero-order valence-electron chi connectivity index (χ0n) is 13.7. The van der Waals surface area contributed by atoms with Gasteiger partial charge in [0.15, 0.2) is 5.65 Å². The molecule has 1 amide bonds. The first-order valence-corrected chi connectivity index (χ1v) is 7.39. The zero-order chi connectivity index (χ0) is 16.7. The van der Waals surface area contributed by atoms with Crippen LogP contribution in [0.4, 0.5) is 5.82 Å². The minimum atomic E-state index is -0.210. The van der Waals surface area contributed by atoms with E-state index in [1.807, 2.05) is 27.8 Å². The summed E-state index contributed by atoms with van der Waals surface area (Å²) in [6.07, 6.45) is 1.50. The van der Waals surface area contributed by atoms with Gasteiger partial charge in [-0.1, -0.05) is 0 Å². The number of rotatable bonds is 3. The quantitative estimate of drug-likeness (QED) is 0.767. The van der Waals surface area contributed by atoms with Crippen LogP contribution >= 0.6 is 0 Å². The Morgan fingerprint density at radius 1 is 1.30 bits per heavy atom. The summed E-state index contributed by atoms with van der Waals surface area (Å²) in [6, 6.07) is 3.80. The molecule has 0 aliphatic carbocycles. The van der Waals surface area contributed by atoms with Crippen molar-refractivity contribution in [1.29, 1.82) is 0 Å². The van der Waals surface area contributed by atoms with Crippen LogP contribution in [0.2, 0.25) is 0 Å². The van der Waals surface area contributed by atoms with Crippen molar-refractivity contribution in [1.82, 2.24) is 24.5 Å². The average molecular weight is 312 g/mol. The highest BCUT2D eigenvalue weighted by Gasteiger charge is 2.16. The topological polar surface area (TPSA) is 90.2 Å². The Morgan fingerprint density at radius 3 is 2.70 bits per heavy atom. The van der Waals surface area contributed by atoms with Crippen LogP contribution in [0, 0.1) is 20.8 Å². The molecule has 0 atom stereocenters. The van der Waals surface area contributed by atoms with Crippen molar-refractivity contribution in [2.45, 2.75) is 27.3 Å². The van der Waals surface area contributed by atoms with Crippen molar-refractivity contribution in [3.63, 3.8) is 0 Å². The second-order valence-electron chi connectivity index (χ2n) is 5.75. The second kappa shape index (κ2) is 5.42. The normalized spacial score (nSPS) is 11.1. The van der Waals surface area contributed by atoms with Crippen molar-refractivity contribution in [2.24, 2.45) is 7.05 Å². The van der Waals surface area contributed by atoms with Gasteiger partial charge >= 0.3 is 0 Å². The van der Waals surface area contributed by atoms with Gasteiger partial charge in [-0.25, -0.2) is 4.98 Å². The first-order chi connectivity index (χ1) is 10.9. The van der Waals surface area contributed by atoms with Crippen molar-refractivity contribution >= 4 is 17.4 Å². The van der Waals surface area contributed by atoms with Crippen LogP contribution in [0.25, 0.3) is 5.65 Å². The van der Waals surface area contributed by atoms with Crippen molar-refractivity contribution in [2.75, 3.05) is 5.73 Å². The van der Waals surface area contributed by atoms with Gasteiger partial charge in [-0.2, -0.15) is 9.61 Å². The molecular weight excluding hydrogens is 292 g/mol. The van der Waals surface area contributed by atoms with Gasteiger partial charge in [0.2, 0.25) is 0 Å². The van der Waals surface area contributed by atoms with Gasteiger partial charge in [0.05, 0.1) is 6.20 Å². The lowest BCUT2D eigenvalue weighted by Gasteiger charge is -2.05. The third kappa shape index (κ3) is 2.54.